The first-order valence-electron chi connectivity index (χ1n) is 16.2. The average molecular weight is 426 g/mol. The van der Waals surface area contributed by atoms with Crippen molar-refractivity contribution in [1.82, 2.24) is 0 Å². The number of fused-ring (bicyclic) bond motifs is 2. The zero-order valence-corrected chi connectivity index (χ0v) is 15.0. The lowest BCUT2D eigenvalue weighted by Crippen LogP contribution is -1.87. The Balaban J connectivity index is 2.13. The molecule has 0 spiro atoms. The van der Waals surface area contributed by atoms with E-state index in [0.717, 1.165) is 0 Å². The van der Waals surface area contributed by atoms with E-state index in [2.05, 4.69) is 15.9 Å². The number of benzene rings is 5. The highest BCUT2D eigenvalue weighted by atomic mass is 79.9. The van der Waals surface area contributed by atoms with Crippen molar-refractivity contribution in [2.45, 2.75) is 0 Å². The molecule has 0 aliphatic heterocycles. The lowest BCUT2D eigenvalue weighted by Gasteiger charge is -2.14. The van der Waals surface area contributed by atoms with E-state index in [1.807, 2.05) is 0 Å². The van der Waals surface area contributed by atoms with E-state index >= 15 is 0 Å². The van der Waals surface area contributed by atoms with Crippen molar-refractivity contribution in [1.29, 1.82) is 0 Å². The molecule has 1 heteroatoms. The topological polar surface area (TPSA) is 0 Å². The Morgan fingerprint density at radius 1 is 0.444 bits per heavy atom. The lowest BCUT2D eigenvalue weighted by molar-refractivity contribution is 1.61. The van der Waals surface area contributed by atoms with Gasteiger partial charge in [-0.15, -0.1) is 0 Å². The predicted molar refractivity (Wildman–Crippen MR) is 120 cm³/mol. The van der Waals surface area contributed by atoms with Crippen LogP contribution in [0.3, 0.4) is 0 Å². The molecule has 0 nitrogen and oxygen atoms in total. The maximum Gasteiger partial charge on any atom is 0.0630 e. The fourth-order valence-corrected chi connectivity index (χ4v) is 3.36. The van der Waals surface area contributed by atoms with Gasteiger partial charge in [0, 0.05) is 4.47 Å². The fraction of sp³-hybridized carbons (Fsp3) is 0. The maximum atomic E-state index is 8.96. The van der Waals surface area contributed by atoms with Crippen LogP contribution >= 0.6 is 15.9 Å². The second-order valence-corrected chi connectivity index (χ2v) is 6.23. The Hall–Kier alpha value is -2.90. The Labute approximate surface area is 191 Å². The van der Waals surface area contributed by atoms with E-state index in [9.17, 15) is 0 Å². The number of halogens is 1. The Morgan fingerprint density at radius 3 is 1.41 bits per heavy atom. The fourth-order valence-electron chi connectivity index (χ4n) is 2.77. The molecule has 0 aliphatic carbocycles. The van der Waals surface area contributed by atoms with Crippen molar-refractivity contribution in [2.75, 3.05) is 0 Å². The first-order valence-corrected chi connectivity index (χ1v) is 8.48. The van der Waals surface area contributed by atoms with E-state index in [1.165, 1.54) is 0 Å². The summed E-state index contributed by atoms with van der Waals surface area (Å²) in [6.07, 6.45) is 0. The molecule has 0 saturated carbocycles. The Bertz CT molecular complexity index is 2020. The van der Waals surface area contributed by atoms with Gasteiger partial charge in [0.15, 0.2) is 0 Å². The van der Waals surface area contributed by atoms with E-state index in [-0.39, 0.29) is 26.0 Å². The molecule has 0 aliphatic rings. The summed E-state index contributed by atoms with van der Waals surface area (Å²) in [6, 6.07) is -12.4. The van der Waals surface area contributed by atoms with Gasteiger partial charge in [0.25, 0.3) is 0 Å². The van der Waals surface area contributed by atoms with Crippen LogP contribution in [-0.2, 0) is 0 Å². The monoisotopic (exact) mass is 425 g/mol. The van der Waals surface area contributed by atoms with Crippen molar-refractivity contribution < 1.29 is 23.3 Å². The van der Waals surface area contributed by atoms with Crippen molar-refractivity contribution in [3.05, 3.63) is 107 Å². The van der Waals surface area contributed by atoms with Gasteiger partial charge in [0.1, 0.15) is 0 Å². The Kier molecular flexibility index (Phi) is 1.56. The van der Waals surface area contributed by atoms with Gasteiger partial charge in [0.2, 0.25) is 0 Å². The molecule has 0 N–H and O–H groups in total. The zero-order chi connectivity index (χ0) is 33.0. The molecule has 0 radical (unpaired) electrons. The molecule has 128 valence electrons. The summed E-state index contributed by atoms with van der Waals surface area (Å²) in [6.45, 7) is 0. The minimum Gasteiger partial charge on any atom is -0.0622 e. The molecule has 0 heterocycles. The number of hydrogen-bond acceptors (Lipinski definition) is 0. The summed E-state index contributed by atoms with van der Waals surface area (Å²) in [4.78, 5) is 0. The average Bonchev–Trinajstić information content (AvgIpc) is 2.99. The molecule has 0 fully saturated rings. The second kappa shape index (κ2) is 6.68. The van der Waals surface area contributed by atoms with E-state index in [4.69, 9.17) is 23.3 Å². The van der Waals surface area contributed by atoms with Crippen LogP contribution < -0.4 is 0 Å². The number of hydrogen-bond donors (Lipinski definition) is 0. The van der Waals surface area contributed by atoms with Gasteiger partial charge in [-0.3, -0.25) is 0 Å². The van der Waals surface area contributed by atoms with Crippen molar-refractivity contribution in [3.8, 4) is 22.3 Å². The molecule has 27 heavy (non-hydrogen) atoms. The standard InChI is InChI=1S/C26H17Br/c27-26-23-12-6-4-10-21(23)25(22-11-5-7-13-24(22)26)20-16-14-19(15-17-20)18-8-2-1-3-9-18/h1-17H/i1D,2D,3D,4D,5D,6D,7D,8D,9D,10D,11D,12D,13D,14D,15D,16D,17D. The molecule has 0 unspecified atom stereocenters. The van der Waals surface area contributed by atoms with Crippen LogP contribution in [0, 0.1) is 0 Å². The van der Waals surface area contributed by atoms with Gasteiger partial charge in [-0.2, -0.15) is 0 Å². The molecule has 0 bridgehead atoms. The molecule has 0 amide bonds. The molecule has 0 atom stereocenters. The van der Waals surface area contributed by atoms with Crippen LogP contribution in [0.15, 0.2) is 107 Å². The third kappa shape index (κ3) is 2.75. The van der Waals surface area contributed by atoms with Gasteiger partial charge in [-0.1, -0.05) is 103 Å². The number of rotatable bonds is 2. The molecule has 5 aromatic rings. The first kappa shape index (κ1) is 6.32. The molecular weight excluding hydrogens is 392 g/mol. The van der Waals surface area contributed by atoms with Crippen LogP contribution in [0.2, 0.25) is 0 Å². The van der Waals surface area contributed by atoms with Crippen LogP contribution in [0.25, 0.3) is 43.8 Å². The van der Waals surface area contributed by atoms with Gasteiger partial charge in [0.05, 0.1) is 23.3 Å². The van der Waals surface area contributed by atoms with Crippen LogP contribution in [-0.4, -0.2) is 0 Å². The largest absolute Gasteiger partial charge is 0.0630 e. The smallest absolute Gasteiger partial charge is 0.0622 e. The van der Waals surface area contributed by atoms with Gasteiger partial charge in [-0.25, -0.2) is 0 Å². The maximum absolute atomic E-state index is 8.96. The molecule has 0 saturated heterocycles. The molecule has 0 aromatic heterocycles. The van der Waals surface area contributed by atoms with E-state index in [1.54, 1.807) is 0 Å². The van der Waals surface area contributed by atoms with Gasteiger partial charge < -0.3 is 0 Å². The Morgan fingerprint density at radius 2 is 0.852 bits per heavy atom. The summed E-state index contributed by atoms with van der Waals surface area (Å²) in [5, 5.41) is -1.13. The van der Waals surface area contributed by atoms with E-state index < -0.39 is 125 Å². The third-order valence-corrected chi connectivity index (χ3v) is 4.73. The molecule has 5 aromatic carbocycles. The van der Waals surface area contributed by atoms with Crippen LogP contribution in [0.1, 0.15) is 23.3 Å². The third-order valence-electron chi connectivity index (χ3n) is 3.94. The van der Waals surface area contributed by atoms with Crippen molar-refractivity contribution >= 4 is 37.5 Å². The normalized spacial score (nSPS) is 20.0. The van der Waals surface area contributed by atoms with Crippen molar-refractivity contribution in [3.63, 3.8) is 0 Å². The van der Waals surface area contributed by atoms with Gasteiger partial charge in [-0.05, 0) is 59.7 Å². The minimum atomic E-state index is -0.842. The first-order chi connectivity index (χ1) is 20.4. The summed E-state index contributed by atoms with van der Waals surface area (Å²) in [5.74, 6) is 0. The van der Waals surface area contributed by atoms with Crippen LogP contribution in [0.5, 0.6) is 0 Å². The molecule has 5 rings (SSSR count). The summed E-state index contributed by atoms with van der Waals surface area (Å²) in [5.41, 5.74) is -2.19. The van der Waals surface area contributed by atoms with Gasteiger partial charge >= 0.3 is 0 Å². The lowest BCUT2D eigenvalue weighted by atomic mass is 9.91. The highest BCUT2D eigenvalue weighted by Crippen LogP contribution is 2.41. The molecular formula is C26H17Br. The second-order valence-electron chi connectivity index (χ2n) is 5.44. The highest BCUT2D eigenvalue weighted by molar-refractivity contribution is 9.10. The van der Waals surface area contributed by atoms with Crippen molar-refractivity contribution in [2.24, 2.45) is 0 Å². The quantitative estimate of drug-likeness (QED) is 0.250. The predicted octanol–water partition coefficient (Wildman–Crippen LogP) is 8.09. The highest BCUT2D eigenvalue weighted by Gasteiger charge is 2.13. The zero-order valence-electron chi connectivity index (χ0n) is 30.4. The SMILES string of the molecule is [2H]c1c([2H])c([2H])c(-c2c([2H])c([2H])c(-c3c4c([2H])c([2H])c([2H])c([2H])c4c(Br)c4c([2H])c([2H])c([2H])c([2H])c34)c([2H])c2[2H])c([2H])c1[2H]. The van der Waals surface area contributed by atoms with E-state index in [0.29, 0.717) is 0 Å². The summed E-state index contributed by atoms with van der Waals surface area (Å²) < 4.78 is 144. The minimum absolute atomic E-state index is 0.101. The summed E-state index contributed by atoms with van der Waals surface area (Å²) >= 11 is 3.26. The summed E-state index contributed by atoms with van der Waals surface area (Å²) in [7, 11) is 0. The van der Waals surface area contributed by atoms with Crippen LogP contribution in [0.4, 0.5) is 0 Å².